The van der Waals surface area contributed by atoms with E-state index < -0.39 is 0 Å². The van der Waals surface area contributed by atoms with E-state index in [1.165, 1.54) is 5.56 Å². The van der Waals surface area contributed by atoms with Gasteiger partial charge in [-0.1, -0.05) is 20.8 Å². The molecular formula is C11H17N3S. The summed E-state index contributed by atoms with van der Waals surface area (Å²) in [5.41, 5.74) is 2.52. The van der Waals surface area contributed by atoms with Gasteiger partial charge in [0.15, 0.2) is 4.83 Å². The molecule has 0 bridgehead atoms. The molecule has 15 heavy (non-hydrogen) atoms. The molecule has 82 valence electrons. The molecule has 2 aromatic heterocycles. The lowest BCUT2D eigenvalue weighted by Crippen LogP contribution is -2.11. The van der Waals surface area contributed by atoms with Gasteiger partial charge in [-0.2, -0.15) is 9.90 Å². The second-order valence-electron chi connectivity index (χ2n) is 5.17. The van der Waals surface area contributed by atoms with Crippen molar-refractivity contribution in [1.29, 1.82) is 0 Å². The molecule has 2 heterocycles. The second-order valence-corrected chi connectivity index (χ2v) is 6.03. The van der Waals surface area contributed by atoms with E-state index in [4.69, 9.17) is 0 Å². The lowest BCUT2D eigenvalue weighted by molar-refractivity contribution is 0.471. The van der Waals surface area contributed by atoms with Crippen LogP contribution >= 0.6 is 11.3 Å². The van der Waals surface area contributed by atoms with Crippen LogP contribution in [0.3, 0.4) is 0 Å². The summed E-state index contributed by atoms with van der Waals surface area (Å²) in [4.78, 5) is 2.85. The van der Waals surface area contributed by atoms with Gasteiger partial charge in [-0.15, -0.1) is 16.4 Å². The summed E-state index contributed by atoms with van der Waals surface area (Å²) in [6, 6.07) is 0.331. The van der Waals surface area contributed by atoms with Gasteiger partial charge in [0.2, 0.25) is 0 Å². The van der Waals surface area contributed by atoms with Crippen molar-refractivity contribution in [1.82, 2.24) is 15.0 Å². The summed E-state index contributed by atoms with van der Waals surface area (Å²) in [6.45, 7) is 10.8. The lowest BCUT2D eigenvalue weighted by Gasteiger charge is -2.16. The Balaban J connectivity index is 2.59. The van der Waals surface area contributed by atoms with Gasteiger partial charge in [0, 0.05) is 0 Å². The summed E-state index contributed by atoms with van der Waals surface area (Å²) in [6.07, 6.45) is 0. The van der Waals surface area contributed by atoms with E-state index in [9.17, 15) is 0 Å². The minimum atomic E-state index is 0.149. The van der Waals surface area contributed by atoms with E-state index in [1.54, 1.807) is 16.1 Å². The van der Waals surface area contributed by atoms with Gasteiger partial charge in [-0.3, -0.25) is 0 Å². The second kappa shape index (κ2) is 3.30. The van der Waals surface area contributed by atoms with Crippen LogP contribution in [-0.2, 0) is 5.41 Å². The molecule has 0 atom stereocenters. The van der Waals surface area contributed by atoms with Crippen molar-refractivity contribution in [3.05, 3.63) is 10.9 Å². The van der Waals surface area contributed by atoms with E-state index in [0.29, 0.717) is 6.04 Å². The Morgan fingerprint density at radius 1 is 1.27 bits per heavy atom. The zero-order valence-electron chi connectivity index (χ0n) is 9.90. The largest absolute Gasteiger partial charge is 0.180 e. The molecule has 0 amide bonds. The Kier molecular flexibility index (Phi) is 2.34. The first kappa shape index (κ1) is 10.6. The third kappa shape index (κ3) is 1.78. The molecule has 0 unspecified atom stereocenters. The maximum absolute atomic E-state index is 4.55. The van der Waals surface area contributed by atoms with Crippen LogP contribution in [0.5, 0.6) is 0 Å². The van der Waals surface area contributed by atoms with E-state index in [0.717, 1.165) is 10.3 Å². The first-order valence-electron chi connectivity index (χ1n) is 5.24. The number of nitrogens with zero attached hydrogens (tertiary/aromatic N) is 3. The first-order valence-corrected chi connectivity index (χ1v) is 6.12. The zero-order valence-corrected chi connectivity index (χ0v) is 10.7. The lowest BCUT2D eigenvalue weighted by atomic mass is 9.89. The summed E-state index contributed by atoms with van der Waals surface area (Å²) >= 11 is 1.68. The molecule has 2 rings (SSSR count). The molecule has 0 aliphatic carbocycles. The summed E-state index contributed by atoms with van der Waals surface area (Å²) in [5, 5.41) is 11.2. The fourth-order valence-corrected chi connectivity index (χ4v) is 2.58. The van der Waals surface area contributed by atoms with Crippen molar-refractivity contribution in [2.75, 3.05) is 0 Å². The van der Waals surface area contributed by atoms with Gasteiger partial charge < -0.3 is 0 Å². The fraction of sp³-hybridized carbons (Fsp3) is 0.636. The molecule has 0 aromatic carbocycles. The van der Waals surface area contributed by atoms with Gasteiger partial charge in [0.05, 0.1) is 6.04 Å². The molecule has 0 saturated heterocycles. The van der Waals surface area contributed by atoms with E-state index in [-0.39, 0.29) is 5.41 Å². The molecule has 0 N–H and O–H groups in total. The highest BCUT2D eigenvalue weighted by molar-refractivity contribution is 7.16. The van der Waals surface area contributed by atoms with E-state index in [2.05, 4.69) is 50.2 Å². The molecule has 0 aliphatic rings. The van der Waals surface area contributed by atoms with Crippen LogP contribution in [0, 0.1) is 0 Å². The molecule has 0 saturated carbocycles. The molecule has 0 radical (unpaired) electrons. The van der Waals surface area contributed by atoms with Crippen LogP contribution in [0.25, 0.3) is 10.3 Å². The average molecular weight is 223 g/mol. The summed E-state index contributed by atoms with van der Waals surface area (Å²) in [7, 11) is 0. The Hall–Kier alpha value is -0.900. The maximum Gasteiger partial charge on any atom is 0.166 e. The van der Waals surface area contributed by atoms with Crippen LogP contribution < -0.4 is 0 Å². The molecule has 0 aliphatic heterocycles. The van der Waals surface area contributed by atoms with Crippen molar-refractivity contribution >= 4 is 21.7 Å². The highest BCUT2D eigenvalue weighted by Gasteiger charge is 2.21. The SMILES string of the molecule is CC(C)n1nc2scc(C(C)(C)C)c2n1. The molecule has 0 spiro atoms. The molecule has 2 aromatic rings. The van der Waals surface area contributed by atoms with E-state index in [1.807, 2.05) is 0 Å². The Morgan fingerprint density at radius 2 is 1.93 bits per heavy atom. The standard InChI is InChI=1S/C11H17N3S/c1-7(2)14-12-9-8(11(3,4)5)6-15-10(9)13-14/h6-7H,1-5H3. The van der Waals surface area contributed by atoms with Crippen molar-refractivity contribution in [3.63, 3.8) is 0 Å². The minimum absolute atomic E-state index is 0.149. The van der Waals surface area contributed by atoms with Gasteiger partial charge in [-0.05, 0) is 30.2 Å². The van der Waals surface area contributed by atoms with Crippen LogP contribution in [0.15, 0.2) is 5.38 Å². The van der Waals surface area contributed by atoms with Crippen molar-refractivity contribution in [3.8, 4) is 0 Å². The summed E-state index contributed by atoms with van der Waals surface area (Å²) in [5.74, 6) is 0. The molecule has 3 nitrogen and oxygen atoms in total. The Labute approximate surface area is 94.1 Å². The van der Waals surface area contributed by atoms with Gasteiger partial charge in [-0.25, -0.2) is 0 Å². The third-order valence-electron chi connectivity index (χ3n) is 2.41. The quantitative estimate of drug-likeness (QED) is 0.742. The van der Waals surface area contributed by atoms with Crippen LogP contribution in [-0.4, -0.2) is 15.0 Å². The zero-order chi connectivity index (χ0) is 11.2. The van der Waals surface area contributed by atoms with Crippen LogP contribution in [0.4, 0.5) is 0 Å². The highest BCUT2D eigenvalue weighted by atomic mass is 32.1. The highest BCUT2D eigenvalue weighted by Crippen LogP contribution is 2.32. The minimum Gasteiger partial charge on any atom is -0.180 e. The molecule has 0 fully saturated rings. The third-order valence-corrected chi connectivity index (χ3v) is 3.26. The Bertz CT molecular complexity index is 473. The average Bonchev–Trinajstić information content (AvgIpc) is 2.56. The fourth-order valence-electron chi connectivity index (χ4n) is 1.49. The molecule has 4 heteroatoms. The molecular weight excluding hydrogens is 206 g/mol. The first-order chi connectivity index (χ1) is 6.89. The monoisotopic (exact) mass is 223 g/mol. The van der Waals surface area contributed by atoms with Gasteiger partial charge in [0.1, 0.15) is 5.52 Å². The predicted molar refractivity (Wildman–Crippen MR) is 64.5 cm³/mol. The smallest absolute Gasteiger partial charge is 0.166 e. The topological polar surface area (TPSA) is 30.7 Å². The maximum atomic E-state index is 4.55. The number of rotatable bonds is 1. The normalized spacial score (nSPS) is 12.9. The van der Waals surface area contributed by atoms with Gasteiger partial charge in [0.25, 0.3) is 0 Å². The number of fused-ring (bicyclic) bond motifs is 1. The number of aromatic nitrogens is 3. The van der Waals surface area contributed by atoms with Crippen LogP contribution in [0.1, 0.15) is 46.2 Å². The van der Waals surface area contributed by atoms with Crippen LogP contribution in [0.2, 0.25) is 0 Å². The number of hydrogen-bond donors (Lipinski definition) is 0. The number of hydrogen-bond acceptors (Lipinski definition) is 3. The summed E-state index contributed by atoms with van der Waals surface area (Å²) < 4.78 is 0. The number of thiophene rings is 1. The predicted octanol–water partition coefficient (Wildman–Crippen LogP) is 3.37. The Morgan fingerprint density at radius 3 is 2.47 bits per heavy atom. The van der Waals surface area contributed by atoms with E-state index >= 15 is 0 Å². The van der Waals surface area contributed by atoms with Crippen molar-refractivity contribution in [2.24, 2.45) is 0 Å². The van der Waals surface area contributed by atoms with Gasteiger partial charge >= 0.3 is 0 Å². The van der Waals surface area contributed by atoms with Crippen molar-refractivity contribution in [2.45, 2.75) is 46.1 Å². The van der Waals surface area contributed by atoms with Crippen molar-refractivity contribution < 1.29 is 0 Å².